The number of nitrogens with zero attached hydrogens (tertiary/aromatic N) is 2. The quantitative estimate of drug-likeness (QED) is 0.388. The molecule has 8 heteroatoms. The third-order valence-electron chi connectivity index (χ3n) is 4.64. The number of fused-ring (bicyclic) bond motifs is 1. The summed E-state index contributed by atoms with van der Waals surface area (Å²) in [4.78, 5) is 6.83. The zero-order chi connectivity index (χ0) is 21.7. The second-order valence-electron chi connectivity index (χ2n) is 6.74. The van der Waals surface area contributed by atoms with Crippen molar-refractivity contribution in [2.24, 2.45) is 0 Å². The van der Waals surface area contributed by atoms with E-state index in [9.17, 15) is 9.50 Å². The number of thiazole rings is 1. The van der Waals surface area contributed by atoms with Crippen molar-refractivity contribution in [2.45, 2.75) is 6.92 Å². The minimum Gasteiger partial charge on any atom is -0.507 e. The SMILES string of the molecule is COc1c(/C=C/c2nc3cc(C)c(N(C)CCOCCF)cc3s2)ccc(O)c1Br. The number of phenolic OH excluding ortho intramolecular Hbond substituents is 1. The van der Waals surface area contributed by atoms with Gasteiger partial charge < -0.3 is 19.5 Å². The van der Waals surface area contributed by atoms with E-state index >= 15 is 0 Å². The average molecular weight is 495 g/mol. The number of hydrogen-bond acceptors (Lipinski definition) is 6. The molecule has 0 amide bonds. The van der Waals surface area contributed by atoms with Crippen molar-refractivity contribution in [1.29, 1.82) is 0 Å². The van der Waals surface area contributed by atoms with Crippen LogP contribution in [0.2, 0.25) is 0 Å². The molecule has 5 nitrogen and oxygen atoms in total. The number of likely N-dealkylation sites (N-methyl/N-ethyl adjacent to an activating group) is 1. The second kappa shape index (κ2) is 10.2. The second-order valence-corrected chi connectivity index (χ2v) is 8.59. The van der Waals surface area contributed by atoms with Crippen molar-refractivity contribution in [3.63, 3.8) is 0 Å². The van der Waals surface area contributed by atoms with E-state index in [0.29, 0.717) is 23.4 Å². The van der Waals surface area contributed by atoms with Gasteiger partial charge in [-0.3, -0.25) is 0 Å². The predicted octanol–water partition coefficient (Wildman–Crippen LogP) is 5.67. The number of phenols is 1. The molecule has 30 heavy (non-hydrogen) atoms. The van der Waals surface area contributed by atoms with Gasteiger partial charge in [0, 0.05) is 24.8 Å². The number of aromatic hydroxyl groups is 1. The molecule has 3 rings (SSSR count). The number of methoxy groups -OCH3 is 1. The normalized spacial score (nSPS) is 11.5. The Morgan fingerprint density at radius 3 is 2.80 bits per heavy atom. The Kier molecular flexibility index (Phi) is 7.69. The summed E-state index contributed by atoms with van der Waals surface area (Å²) in [5.74, 6) is 0.702. The minimum atomic E-state index is -0.459. The summed E-state index contributed by atoms with van der Waals surface area (Å²) in [6.07, 6.45) is 3.86. The Morgan fingerprint density at radius 2 is 2.07 bits per heavy atom. The molecule has 0 fully saturated rings. The molecular weight excluding hydrogens is 471 g/mol. The van der Waals surface area contributed by atoms with Crippen molar-refractivity contribution in [3.05, 3.63) is 44.9 Å². The van der Waals surface area contributed by atoms with Crippen LogP contribution in [0.5, 0.6) is 11.5 Å². The highest BCUT2D eigenvalue weighted by molar-refractivity contribution is 9.10. The zero-order valence-corrected chi connectivity index (χ0v) is 19.5. The van der Waals surface area contributed by atoms with Crippen molar-refractivity contribution in [3.8, 4) is 11.5 Å². The van der Waals surface area contributed by atoms with Crippen LogP contribution in [0.25, 0.3) is 22.4 Å². The van der Waals surface area contributed by atoms with E-state index in [1.807, 2.05) is 19.2 Å². The van der Waals surface area contributed by atoms with Gasteiger partial charge in [-0.25, -0.2) is 9.37 Å². The van der Waals surface area contributed by atoms with Gasteiger partial charge in [-0.05, 0) is 64.8 Å². The van der Waals surface area contributed by atoms with Crippen molar-refractivity contribution in [2.75, 3.05) is 45.5 Å². The first-order chi connectivity index (χ1) is 14.4. The highest BCUT2D eigenvalue weighted by atomic mass is 79.9. The molecule has 0 bridgehead atoms. The first kappa shape index (κ1) is 22.5. The number of aryl methyl sites for hydroxylation is 1. The molecule has 1 heterocycles. The lowest BCUT2D eigenvalue weighted by Crippen LogP contribution is -2.23. The Bertz CT molecular complexity index is 1050. The van der Waals surface area contributed by atoms with E-state index in [0.717, 1.165) is 32.0 Å². The molecule has 3 aromatic rings. The van der Waals surface area contributed by atoms with Crippen LogP contribution in [0.3, 0.4) is 0 Å². The number of hydrogen-bond donors (Lipinski definition) is 1. The van der Waals surface area contributed by atoms with Gasteiger partial charge >= 0.3 is 0 Å². The van der Waals surface area contributed by atoms with E-state index in [1.54, 1.807) is 30.6 Å². The van der Waals surface area contributed by atoms with Crippen LogP contribution in [0, 0.1) is 6.92 Å². The van der Waals surface area contributed by atoms with Gasteiger partial charge in [0.25, 0.3) is 0 Å². The maximum atomic E-state index is 12.2. The van der Waals surface area contributed by atoms with Crippen LogP contribution in [0.1, 0.15) is 16.1 Å². The van der Waals surface area contributed by atoms with Gasteiger partial charge in [-0.15, -0.1) is 11.3 Å². The van der Waals surface area contributed by atoms with Crippen LogP contribution in [-0.4, -0.2) is 50.7 Å². The van der Waals surface area contributed by atoms with Crippen LogP contribution in [0.15, 0.2) is 28.7 Å². The molecule has 160 valence electrons. The molecule has 0 aliphatic rings. The number of benzene rings is 2. The summed E-state index contributed by atoms with van der Waals surface area (Å²) in [6.45, 7) is 2.91. The topological polar surface area (TPSA) is 54.8 Å². The monoisotopic (exact) mass is 494 g/mol. The first-order valence-electron chi connectivity index (χ1n) is 9.44. The summed E-state index contributed by atoms with van der Waals surface area (Å²) in [6, 6.07) is 7.63. The summed E-state index contributed by atoms with van der Waals surface area (Å²) in [5.41, 5.74) is 4.02. The molecule has 1 aromatic heterocycles. The van der Waals surface area contributed by atoms with E-state index in [1.165, 1.54) is 0 Å². The lowest BCUT2D eigenvalue weighted by molar-refractivity contribution is 0.125. The summed E-state index contributed by atoms with van der Waals surface area (Å²) in [7, 11) is 3.57. The number of rotatable bonds is 9. The smallest absolute Gasteiger partial charge is 0.144 e. The average Bonchev–Trinajstić information content (AvgIpc) is 3.12. The van der Waals surface area contributed by atoms with Crippen molar-refractivity contribution >= 4 is 55.3 Å². The van der Waals surface area contributed by atoms with Gasteiger partial charge in [0.1, 0.15) is 27.7 Å². The molecule has 0 saturated heterocycles. The van der Waals surface area contributed by atoms with Crippen LogP contribution in [0.4, 0.5) is 10.1 Å². The molecule has 0 aliphatic heterocycles. The van der Waals surface area contributed by atoms with E-state index in [4.69, 9.17) is 14.5 Å². The van der Waals surface area contributed by atoms with Gasteiger partial charge in [-0.1, -0.05) is 0 Å². The molecular formula is C22H24BrFN2O3S. The fourth-order valence-electron chi connectivity index (χ4n) is 3.11. The van der Waals surface area contributed by atoms with Gasteiger partial charge in [0.05, 0.1) is 30.5 Å². The van der Waals surface area contributed by atoms with E-state index in [-0.39, 0.29) is 12.4 Å². The molecule has 0 spiro atoms. The largest absolute Gasteiger partial charge is 0.507 e. The maximum Gasteiger partial charge on any atom is 0.144 e. The Morgan fingerprint density at radius 1 is 1.27 bits per heavy atom. The van der Waals surface area contributed by atoms with E-state index < -0.39 is 6.67 Å². The number of aromatic nitrogens is 1. The molecule has 0 unspecified atom stereocenters. The lowest BCUT2D eigenvalue weighted by atomic mass is 10.1. The van der Waals surface area contributed by atoms with Gasteiger partial charge in [0.2, 0.25) is 0 Å². The first-order valence-corrected chi connectivity index (χ1v) is 11.0. The fourth-order valence-corrected chi connectivity index (χ4v) is 4.51. The molecule has 0 saturated carbocycles. The minimum absolute atomic E-state index is 0.131. The number of ether oxygens (including phenoxy) is 2. The molecule has 0 atom stereocenters. The summed E-state index contributed by atoms with van der Waals surface area (Å²) in [5, 5.41) is 10.7. The third kappa shape index (κ3) is 5.11. The van der Waals surface area contributed by atoms with Crippen LogP contribution >= 0.6 is 27.3 Å². The number of anilines is 1. The Hall–Kier alpha value is -2.16. The molecule has 2 aromatic carbocycles. The Labute approximate surface area is 187 Å². The lowest BCUT2D eigenvalue weighted by Gasteiger charge is -2.21. The zero-order valence-electron chi connectivity index (χ0n) is 17.1. The summed E-state index contributed by atoms with van der Waals surface area (Å²) >= 11 is 4.95. The van der Waals surface area contributed by atoms with Gasteiger partial charge in [0.15, 0.2) is 0 Å². The van der Waals surface area contributed by atoms with Crippen LogP contribution < -0.4 is 9.64 Å². The number of halogens is 2. The fraction of sp³-hybridized carbons (Fsp3) is 0.318. The molecule has 1 N–H and O–H groups in total. The van der Waals surface area contributed by atoms with Crippen molar-refractivity contribution < 1.29 is 19.0 Å². The standard InChI is InChI=1S/C22H24BrFN2O3S/c1-14-12-16-19(13-17(14)26(2)9-11-29-10-8-24)30-20(25-16)7-5-15-4-6-18(27)21(23)22(15)28-3/h4-7,12-13,27H,8-11H2,1-3H3/b7-5+. The van der Waals surface area contributed by atoms with Crippen LogP contribution in [-0.2, 0) is 4.74 Å². The number of alkyl halides is 1. The maximum absolute atomic E-state index is 12.2. The molecule has 0 aliphatic carbocycles. The van der Waals surface area contributed by atoms with Gasteiger partial charge in [-0.2, -0.15) is 0 Å². The summed E-state index contributed by atoms with van der Waals surface area (Å²) < 4.78 is 24.4. The highest BCUT2D eigenvalue weighted by Crippen LogP contribution is 2.37. The molecule has 0 radical (unpaired) electrons. The predicted molar refractivity (Wildman–Crippen MR) is 126 cm³/mol. The third-order valence-corrected chi connectivity index (χ3v) is 6.39. The van der Waals surface area contributed by atoms with Crippen molar-refractivity contribution in [1.82, 2.24) is 4.98 Å². The van der Waals surface area contributed by atoms with E-state index in [2.05, 4.69) is 39.9 Å². The highest BCUT2D eigenvalue weighted by Gasteiger charge is 2.12. The Balaban J connectivity index is 1.82.